The van der Waals surface area contributed by atoms with Crippen LogP contribution in [0, 0.1) is 0 Å². The SMILES string of the molecule is CCNCCC(=O)Nc1ccc(OC(F)F)c(Cl)c1. The van der Waals surface area contributed by atoms with Crippen molar-refractivity contribution in [1.29, 1.82) is 0 Å². The average Bonchev–Trinajstić information content (AvgIpc) is 2.32. The van der Waals surface area contributed by atoms with Crippen LogP contribution < -0.4 is 15.4 Å². The van der Waals surface area contributed by atoms with Gasteiger partial charge in [-0.2, -0.15) is 8.78 Å². The van der Waals surface area contributed by atoms with Gasteiger partial charge in [0.1, 0.15) is 5.75 Å². The van der Waals surface area contributed by atoms with Crippen molar-refractivity contribution in [2.24, 2.45) is 0 Å². The van der Waals surface area contributed by atoms with Crippen molar-refractivity contribution >= 4 is 23.2 Å². The summed E-state index contributed by atoms with van der Waals surface area (Å²) in [5.41, 5.74) is 0.438. The van der Waals surface area contributed by atoms with Gasteiger partial charge in [0.25, 0.3) is 0 Å². The normalized spacial score (nSPS) is 10.6. The number of amides is 1. The zero-order chi connectivity index (χ0) is 14.3. The Labute approximate surface area is 115 Å². The maximum Gasteiger partial charge on any atom is 0.387 e. The van der Waals surface area contributed by atoms with Crippen LogP contribution in [0.5, 0.6) is 5.75 Å². The van der Waals surface area contributed by atoms with E-state index in [0.717, 1.165) is 6.54 Å². The zero-order valence-electron chi connectivity index (χ0n) is 10.4. The third-order valence-corrected chi connectivity index (χ3v) is 2.51. The van der Waals surface area contributed by atoms with Crippen LogP contribution in [0.4, 0.5) is 14.5 Å². The molecule has 2 N–H and O–H groups in total. The van der Waals surface area contributed by atoms with Gasteiger partial charge in [-0.3, -0.25) is 4.79 Å². The predicted octanol–water partition coefficient (Wildman–Crippen LogP) is 2.88. The molecule has 0 saturated heterocycles. The highest BCUT2D eigenvalue weighted by Gasteiger charge is 2.10. The Morgan fingerprint density at radius 2 is 2.21 bits per heavy atom. The molecule has 0 saturated carbocycles. The molecule has 0 aliphatic rings. The van der Waals surface area contributed by atoms with Crippen molar-refractivity contribution in [1.82, 2.24) is 5.32 Å². The molecule has 0 spiro atoms. The molecule has 1 aromatic carbocycles. The smallest absolute Gasteiger partial charge is 0.387 e. The van der Waals surface area contributed by atoms with E-state index in [0.29, 0.717) is 18.7 Å². The Balaban J connectivity index is 2.55. The maximum atomic E-state index is 12.0. The van der Waals surface area contributed by atoms with Crippen LogP contribution in [-0.4, -0.2) is 25.6 Å². The van der Waals surface area contributed by atoms with Crippen LogP contribution in [0.2, 0.25) is 5.02 Å². The number of hydrogen-bond acceptors (Lipinski definition) is 3. The quantitative estimate of drug-likeness (QED) is 0.760. The zero-order valence-corrected chi connectivity index (χ0v) is 11.1. The Bertz CT molecular complexity index is 430. The second-order valence-corrected chi connectivity index (χ2v) is 4.08. The van der Waals surface area contributed by atoms with Crippen molar-refractivity contribution in [3.63, 3.8) is 0 Å². The summed E-state index contributed by atoms with van der Waals surface area (Å²) in [5.74, 6) is -0.304. The van der Waals surface area contributed by atoms with E-state index in [-0.39, 0.29) is 16.7 Å². The van der Waals surface area contributed by atoms with Crippen LogP contribution in [0.3, 0.4) is 0 Å². The number of nitrogens with one attached hydrogen (secondary N) is 2. The molecule has 1 amide bonds. The topological polar surface area (TPSA) is 50.4 Å². The molecule has 0 bridgehead atoms. The first kappa shape index (κ1) is 15.7. The number of carbonyl (C=O) groups excluding carboxylic acids is 1. The van der Waals surface area contributed by atoms with Crippen LogP contribution in [0.15, 0.2) is 18.2 Å². The predicted molar refractivity (Wildman–Crippen MR) is 69.9 cm³/mol. The highest BCUT2D eigenvalue weighted by Crippen LogP contribution is 2.28. The molecule has 0 unspecified atom stereocenters. The number of halogens is 3. The lowest BCUT2D eigenvalue weighted by molar-refractivity contribution is -0.116. The van der Waals surface area contributed by atoms with Crippen LogP contribution in [0.1, 0.15) is 13.3 Å². The first-order valence-electron chi connectivity index (χ1n) is 5.78. The summed E-state index contributed by atoms with van der Waals surface area (Å²) in [6.45, 7) is 0.374. The molecule has 0 atom stereocenters. The third-order valence-electron chi connectivity index (χ3n) is 2.21. The Morgan fingerprint density at radius 1 is 1.47 bits per heavy atom. The van der Waals surface area contributed by atoms with E-state index in [2.05, 4.69) is 15.4 Å². The monoisotopic (exact) mass is 292 g/mol. The minimum atomic E-state index is -2.93. The number of rotatable bonds is 7. The van der Waals surface area contributed by atoms with E-state index in [1.807, 2.05) is 6.92 Å². The number of carbonyl (C=O) groups is 1. The maximum absolute atomic E-state index is 12.0. The summed E-state index contributed by atoms with van der Waals surface area (Å²) in [6, 6.07) is 4.10. The van der Waals surface area contributed by atoms with E-state index < -0.39 is 6.61 Å². The van der Waals surface area contributed by atoms with Crippen LogP contribution >= 0.6 is 11.6 Å². The third kappa shape index (κ3) is 5.85. The highest BCUT2D eigenvalue weighted by atomic mass is 35.5. The molecular formula is C12H15ClF2N2O2. The largest absolute Gasteiger partial charge is 0.433 e. The van der Waals surface area contributed by atoms with Crippen molar-refractivity contribution in [3.05, 3.63) is 23.2 Å². The fraction of sp³-hybridized carbons (Fsp3) is 0.417. The number of alkyl halides is 2. The summed E-state index contributed by atoms with van der Waals surface area (Å²) in [5, 5.41) is 5.65. The fourth-order valence-electron chi connectivity index (χ4n) is 1.37. The van der Waals surface area contributed by atoms with Crippen molar-refractivity contribution in [3.8, 4) is 5.75 Å². The minimum Gasteiger partial charge on any atom is -0.433 e. The van der Waals surface area contributed by atoms with E-state index in [1.54, 1.807) is 0 Å². The Kier molecular flexibility index (Phi) is 6.52. The lowest BCUT2D eigenvalue weighted by atomic mass is 10.3. The molecule has 7 heteroatoms. The molecule has 0 aromatic heterocycles. The first-order chi connectivity index (χ1) is 9.02. The molecule has 4 nitrogen and oxygen atoms in total. The van der Waals surface area contributed by atoms with Gasteiger partial charge in [-0.1, -0.05) is 18.5 Å². The van der Waals surface area contributed by atoms with Crippen molar-refractivity contribution in [2.45, 2.75) is 20.0 Å². The number of ether oxygens (including phenoxy) is 1. The Morgan fingerprint density at radius 3 is 2.79 bits per heavy atom. The molecule has 0 radical (unpaired) electrons. The molecular weight excluding hydrogens is 278 g/mol. The second-order valence-electron chi connectivity index (χ2n) is 3.68. The molecule has 0 aliphatic carbocycles. The van der Waals surface area contributed by atoms with Gasteiger partial charge in [-0.15, -0.1) is 0 Å². The number of anilines is 1. The highest BCUT2D eigenvalue weighted by molar-refractivity contribution is 6.32. The second kappa shape index (κ2) is 7.91. The minimum absolute atomic E-state index is 0.0183. The lowest BCUT2D eigenvalue weighted by Gasteiger charge is -2.09. The van der Waals surface area contributed by atoms with Gasteiger partial charge in [0.05, 0.1) is 5.02 Å². The standard InChI is InChI=1S/C12H15ClF2N2O2/c1-2-16-6-5-11(18)17-8-3-4-10(9(13)7-8)19-12(14)15/h3-4,7,12,16H,2,5-6H2,1H3,(H,17,18). The van der Waals surface area contributed by atoms with E-state index in [4.69, 9.17) is 11.6 Å². The molecule has 0 fully saturated rings. The summed E-state index contributed by atoms with van der Waals surface area (Å²) in [4.78, 5) is 11.5. The summed E-state index contributed by atoms with van der Waals surface area (Å²) in [7, 11) is 0. The van der Waals surface area contributed by atoms with E-state index >= 15 is 0 Å². The summed E-state index contributed by atoms with van der Waals surface area (Å²) < 4.78 is 28.2. The molecule has 1 aromatic rings. The molecule has 0 aliphatic heterocycles. The Hall–Kier alpha value is -1.40. The molecule has 19 heavy (non-hydrogen) atoms. The first-order valence-corrected chi connectivity index (χ1v) is 6.15. The summed E-state index contributed by atoms with van der Waals surface area (Å²) >= 11 is 5.76. The van der Waals surface area contributed by atoms with Crippen molar-refractivity contribution < 1.29 is 18.3 Å². The van der Waals surface area contributed by atoms with Gasteiger partial charge in [0.15, 0.2) is 0 Å². The van der Waals surface area contributed by atoms with Gasteiger partial charge < -0.3 is 15.4 Å². The van der Waals surface area contributed by atoms with Crippen LogP contribution in [-0.2, 0) is 4.79 Å². The van der Waals surface area contributed by atoms with Gasteiger partial charge in [0, 0.05) is 18.7 Å². The van der Waals surface area contributed by atoms with Crippen LogP contribution in [0.25, 0.3) is 0 Å². The van der Waals surface area contributed by atoms with Gasteiger partial charge in [-0.05, 0) is 24.7 Å². The number of benzene rings is 1. The molecule has 106 valence electrons. The summed E-state index contributed by atoms with van der Waals surface area (Å²) in [6.07, 6.45) is 0.320. The number of hydrogen-bond donors (Lipinski definition) is 2. The van der Waals surface area contributed by atoms with Crippen molar-refractivity contribution in [2.75, 3.05) is 18.4 Å². The van der Waals surface area contributed by atoms with E-state index in [1.165, 1.54) is 18.2 Å². The lowest BCUT2D eigenvalue weighted by Crippen LogP contribution is -2.21. The molecule has 1 rings (SSSR count). The fourth-order valence-corrected chi connectivity index (χ4v) is 1.60. The van der Waals surface area contributed by atoms with Gasteiger partial charge in [0.2, 0.25) is 5.91 Å². The van der Waals surface area contributed by atoms with Gasteiger partial charge >= 0.3 is 6.61 Å². The van der Waals surface area contributed by atoms with E-state index in [9.17, 15) is 13.6 Å². The van der Waals surface area contributed by atoms with Gasteiger partial charge in [-0.25, -0.2) is 0 Å². The molecule has 0 heterocycles. The average molecular weight is 293 g/mol.